The van der Waals surface area contributed by atoms with E-state index in [1.54, 1.807) is 12.1 Å². The van der Waals surface area contributed by atoms with Gasteiger partial charge in [0.1, 0.15) is 0 Å². The number of amides is 1. The Balaban J connectivity index is 1.59. The summed E-state index contributed by atoms with van der Waals surface area (Å²) in [4.78, 5) is 29.6. The van der Waals surface area contributed by atoms with E-state index in [4.69, 9.17) is 16.3 Å². The van der Waals surface area contributed by atoms with Gasteiger partial charge < -0.3 is 10.1 Å². The lowest BCUT2D eigenvalue weighted by Crippen LogP contribution is -2.35. The number of aromatic nitrogens is 1. The van der Waals surface area contributed by atoms with E-state index in [2.05, 4.69) is 10.3 Å². The number of carbonyl (C=O) groups is 2. The minimum absolute atomic E-state index is 0.190. The molecule has 1 aromatic heterocycles. The number of esters is 1. The Kier molecular flexibility index (Phi) is 5.76. The molecule has 1 heterocycles. The highest BCUT2D eigenvalue weighted by molar-refractivity contribution is 6.33. The number of para-hydroxylation sites is 1. The van der Waals surface area contributed by atoms with Crippen molar-refractivity contribution < 1.29 is 14.3 Å². The molecule has 1 N–H and O–H groups in total. The zero-order valence-corrected chi connectivity index (χ0v) is 16.6. The Labute approximate surface area is 174 Å². The molecule has 3 aromatic rings. The molecule has 4 rings (SSSR count). The van der Waals surface area contributed by atoms with Gasteiger partial charge in [-0.2, -0.15) is 0 Å². The lowest BCUT2D eigenvalue weighted by molar-refractivity contribution is -0.124. The van der Waals surface area contributed by atoms with Crippen LogP contribution < -0.4 is 5.32 Å². The van der Waals surface area contributed by atoms with E-state index >= 15 is 0 Å². The summed E-state index contributed by atoms with van der Waals surface area (Å²) in [5.74, 6) is -0.826. The van der Waals surface area contributed by atoms with Crippen molar-refractivity contribution in [3.05, 3.63) is 65.2 Å². The first-order valence-electron chi connectivity index (χ1n) is 9.73. The summed E-state index contributed by atoms with van der Waals surface area (Å²) in [7, 11) is 0. The zero-order chi connectivity index (χ0) is 20.2. The quantitative estimate of drug-likeness (QED) is 0.617. The maximum absolute atomic E-state index is 12.8. The summed E-state index contributed by atoms with van der Waals surface area (Å²) in [6.45, 7) is -0.298. The number of carbonyl (C=O) groups excluding carboxylic acids is 2. The third-order valence-corrected chi connectivity index (χ3v) is 5.47. The molecule has 29 heavy (non-hydrogen) atoms. The van der Waals surface area contributed by atoms with E-state index in [9.17, 15) is 9.59 Å². The summed E-state index contributed by atoms with van der Waals surface area (Å²) < 4.78 is 5.32. The van der Waals surface area contributed by atoms with Gasteiger partial charge in [-0.25, -0.2) is 9.78 Å². The van der Waals surface area contributed by atoms with Crippen molar-refractivity contribution >= 4 is 34.4 Å². The number of hydrogen-bond acceptors (Lipinski definition) is 4. The Hall–Kier alpha value is -2.92. The van der Waals surface area contributed by atoms with Gasteiger partial charge in [0.05, 0.1) is 16.8 Å². The molecule has 1 amide bonds. The molecule has 2 aromatic carbocycles. The number of rotatable bonds is 5. The van der Waals surface area contributed by atoms with Gasteiger partial charge in [-0.05, 0) is 31.0 Å². The third-order valence-electron chi connectivity index (χ3n) is 5.14. The van der Waals surface area contributed by atoms with E-state index in [-0.39, 0.29) is 18.6 Å². The predicted molar refractivity (Wildman–Crippen MR) is 113 cm³/mol. The van der Waals surface area contributed by atoms with Gasteiger partial charge in [0.25, 0.3) is 5.91 Å². The highest BCUT2D eigenvalue weighted by Crippen LogP contribution is 2.30. The topological polar surface area (TPSA) is 68.3 Å². The highest BCUT2D eigenvalue weighted by atomic mass is 35.5. The molecule has 6 heteroatoms. The molecule has 1 aliphatic rings. The molecule has 5 nitrogen and oxygen atoms in total. The second-order valence-electron chi connectivity index (χ2n) is 7.18. The van der Waals surface area contributed by atoms with Crippen molar-refractivity contribution in [2.24, 2.45) is 0 Å². The molecule has 0 spiro atoms. The van der Waals surface area contributed by atoms with E-state index in [1.807, 2.05) is 42.5 Å². The molecule has 0 saturated heterocycles. The standard InChI is InChI=1S/C23H21ClN2O3/c24-19-11-5-3-10-17(19)21-13-18(16-9-4-6-12-20(16)26-21)23(28)29-14-22(27)25-15-7-1-2-8-15/h3-6,9-13,15H,1-2,7-8,14H2,(H,25,27). The van der Waals surface area contributed by atoms with Crippen LogP contribution in [0, 0.1) is 0 Å². The average Bonchev–Trinajstić information content (AvgIpc) is 3.24. The fourth-order valence-corrected chi connectivity index (χ4v) is 3.93. The van der Waals surface area contributed by atoms with Crippen LogP contribution in [0.3, 0.4) is 0 Å². The highest BCUT2D eigenvalue weighted by Gasteiger charge is 2.20. The summed E-state index contributed by atoms with van der Waals surface area (Å²) in [6.07, 6.45) is 4.21. The zero-order valence-electron chi connectivity index (χ0n) is 15.9. The molecule has 1 aliphatic carbocycles. The van der Waals surface area contributed by atoms with Crippen LogP contribution in [0.25, 0.3) is 22.2 Å². The Bertz CT molecular complexity index is 1060. The number of ether oxygens (including phenoxy) is 1. The lowest BCUT2D eigenvalue weighted by Gasteiger charge is -2.13. The van der Waals surface area contributed by atoms with Crippen LogP contribution >= 0.6 is 11.6 Å². The number of halogens is 1. The summed E-state index contributed by atoms with van der Waals surface area (Å²) in [5.41, 5.74) is 2.33. The predicted octanol–water partition coefficient (Wildman–Crippen LogP) is 4.77. The molecule has 0 radical (unpaired) electrons. The van der Waals surface area contributed by atoms with Gasteiger partial charge in [-0.15, -0.1) is 0 Å². The second kappa shape index (κ2) is 8.62. The van der Waals surface area contributed by atoms with E-state index in [0.717, 1.165) is 31.2 Å². The van der Waals surface area contributed by atoms with Gasteiger partial charge in [0, 0.05) is 22.0 Å². The van der Waals surface area contributed by atoms with Crippen LogP contribution in [0.1, 0.15) is 36.0 Å². The Morgan fingerprint density at radius 2 is 1.79 bits per heavy atom. The number of pyridine rings is 1. The molecule has 1 fully saturated rings. The Morgan fingerprint density at radius 1 is 1.07 bits per heavy atom. The number of nitrogens with one attached hydrogen (secondary N) is 1. The summed E-state index contributed by atoms with van der Waals surface area (Å²) in [5, 5.41) is 4.14. The second-order valence-corrected chi connectivity index (χ2v) is 7.58. The van der Waals surface area contributed by atoms with E-state index in [0.29, 0.717) is 27.2 Å². The molecular weight excluding hydrogens is 388 g/mol. The van der Waals surface area contributed by atoms with Gasteiger partial charge in [-0.3, -0.25) is 4.79 Å². The number of hydrogen-bond donors (Lipinski definition) is 1. The largest absolute Gasteiger partial charge is 0.452 e. The lowest BCUT2D eigenvalue weighted by atomic mass is 10.0. The Morgan fingerprint density at radius 3 is 2.59 bits per heavy atom. The fourth-order valence-electron chi connectivity index (χ4n) is 3.70. The molecular formula is C23H21ClN2O3. The summed E-state index contributed by atoms with van der Waals surface area (Å²) >= 11 is 6.32. The maximum atomic E-state index is 12.8. The summed E-state index contributed by atoms with van der Waals surface area (Å²) in [6, 6.07) is 16.5. The van der Waals surface area contributed by atoms with E-state index < -0.39 is 5.97 Å². The maximum Gasteiger partial charge on any atom is 0.339 e. The van der Waals surface area contributed by atoms with Gasteiger partial charge in [0.15, 0.2) is 6.61 Å². The molecule has 1 saturated carbocycles. The molecule has 148 valence electrons. The minimum atomic E-state index is -0.557. The molecule has 0 aliphatic heterocycles. The fraction of sp³-hybridized carbons (Fsp3) is 0.261. The van der Waals surface area contributed by atoms with Gasteiger partial charge in [-0.1, -0.05) is 60.8 Å². The van der Waals surface area contributed by atoms with Gasteiger partial charge in [0.2, 0.25) is 0 Å². The van der Waals surface area contributed by atoms with Crippen molar-refractivity contribution in [3.8, 4) is 11.3 Å². The minimum Gasteiger partial charge on any atom is -0.452 e. The van der Waals surface area contributed by atoms with Crippen molar-refractivity contribution in [2.75, 3.05) is 6.61 Å². The van der Waals surface area contributed by atoms with Crippen molar-refractivity contribution in [1.82, 2.24) is 10.3 Å². The van der Waals surface area contributed by atoms with Crippen molar-refractivity contribution in [2.45, 2.75) is 31.7 Å². The first-order chi connectivity index (χ1) is 14.1. The van der Waals surface area contributed by atoms with Crippen LogP contribution in [0.4, 0.5) is 0 Å². The first kappa shape index (κ1) is 19.4. The number of benzene rings is 2. The average molecular weight is 409 g/mol. The van der Waals surface area contributed by atoms with Crippen LogP contribution in [0.15, 0.2) is 54.6 Å². The first-order valence-corrected chi connectivity index (χ1v) is 10.1. The number of nitrogens with zero attached hydrogens (tertiary/aromatic N) is 1. The number of fused-ring (bicyclic) bond motifs is 1. The molecule has 0 bridgehead atoms. The van der Waals surface area contributed by atoms with Crippen molar-refractivity contribution in [1.29, 1.82) is 0 Å². The smallest absolute Gasteiger partial charge is 0.339 e. The monoisotopic (exact) mass is 408 g/mol. The SMILES string of the molecule is O=C(COC(=O)c1cc(-c2ccccc2Cl)nc2ccccc12)NC1CCCC1. The third kappa shape index (κ3) is 4.40. The van der Waals surface area contributed by atoms with Crippen LogP contribution in [-0.2, 0) is 9.53 Å². The van der Waals surface area contributed by atoms with Crippen LogP contribution in [0.5, 0.6) is 0 Å². The normalized spacial score (nSPS) is 14.1. The molecule has 0 unspecified atom stereocenters. The van der Waals surface area contributed by atoms with Gasteiger partial charge >= 0.3 is 5.97 Å². The van der Waals surface area contributed by atoms with Crippen LogP contribution in [-0.4, -0.2) is 29.5 Å². The van der Waals surface area contributed by atoms with Crippen LogP contribution in [0.2, 0.25) is 5.02 Å². The van der Waals surface area contributed by atoms with E-state index in [1.165, 1.54) is 0 Å². The molecule has 0 atom stereocenters. The van der Waals surface area contributed by atoms with Crippen molar-refractivity contribution in [3.63, 3.8) is 0 Å².